The van der Waals surface area contributed by atoms with Gasteiger partial charge in [0, 0.05) is 17.6 Å². The second kappa shape index (κ2) is 3.51. The molecule has 1 aliphatic carbocycles. The molecule has 0 bridgehead atoms. The lowest BCUT2D eigenvalue weighted by molar-refractivity contribution is 0.511. The SMILES string of the molecule is Cc1nn(C(C)C)c2c1CC[C@H](C1CC1)N2. The maximum Gasteiger partial charge on any atom is 0.128 e. The molecule has 3 nitrogen and oxygen atoms in total. The number of aromatic nitrogens is 2. The van der Waals surface area contributed by atoms with Crippen molar-refractivity contribution < 1.29 is 0 Å². The summed E-state index contributed by atoms with van der Waals surface area (Å²) in [7, 11) is 0. The summed E-state index contributed by atoms with van der Waals surface area (Å²) in [6, 6.07) is 1.16. The van der Waals surface area contributed by atoms with Gasteiger partial charge in [-0.1, -0.05) is 0 Å². The Balaban J connectivity index is 1.94. The second-order valence-corrected chi connectivity index (χ2v) is 5.58. The summed E-state index contributed by atoms with van der Waals surface area (Å²) in [5, 5.41) is 8.39. The van der Waals surface area contributed by atoms with Crippen molar-refractivity contribution in [2.45, 2.75) is 58.5 Å². The van der Waals surface area contributed by atoms with Crippen LogP contribution in [-0.4, -0.2) is 15.8 Å². The largest absolute Gasteiger partial charge is 0.367 e. The highest BCUT2D eigenvalue weighted by Crippen LogP contribution is 2.40. The molecule has 88 valence electrons. The molecule has 0 aromatic carbocycles. The molecule has 1 aliphatic heterocycles. The number of hydrogen-bond acceptors (Lipinski definition) is 2. The molecule has 3 heteroatoms. The van der Waals surface area contributed by atoms with Crippen molar-refractivity contribution in [3.05, 3.63) is 11.3 Å². The summed E-state index contributed by atoms with van der Waals surface area (Å²) in [6.45, 7) is 6.54. The Hall–Kier alpha value is -0.990. The second-order valence-electron chi connectivity index (χ2n) is 5.58. The highest BCUT2D eigenvalue weighted by atomic mass is 15.4. The van der Waals surface area contributed by atoms with Crippen molar-refractivity contribution >= 4 is 5.82 Å². The van der Waals surface area contributed by atoms with Gasteiger partial charge in [0.2, 0.25) is 0 Å². The highest BCUT2D eigenvalue weighted by molar-refractivity contribution is 5.51. The molecule has 2 aliphatic rings. The van der Waals surface area contributed by atoms with Crippen LogP contribution in [0.25, 0.3) is 0 Å². The topological polar surface area (TPSA) is 29.9 Å². The van der Waals surface area contributed by atoms with Gasteiger partial charge in [0.05, 0.1) is 5.69 Å². The molecule has 0 spiro atoms. The lowest BCUT2D eigenvalue weighted by Gasteiger charge is -2.26. The number of rotatable bonds is 2. The fourth-order valence-corrected chi connectivity index (χ4v) is 2.81. The van der Waals surface area contributed by atoms with Crippen molar-refractivity contribution in [3.8, 4) is 0 Å². The molecule has 16 heavy (non-hydrogen) atoms. The van der Waals surface area contributed by atoms with E-state index in [4.69, 9.17) is 0 Å². The third kappa shape index (κ3) is 1.53. The first kappa shape index (κ1) is 10.2. The quantitative estimate of drug-likeness (QED) is 0.829. The van der Waals surface area contributed by atoms with E-state index in [-0.39, 0.29) is 0 Å². The maximum absolute atomic E-state index is 4.66. The number of anilines is 1. The summed E-state index contributed by atoms with van der Waals surface area (Å²) in [5.74, 6) is 2.24. The number of hydrogen-bond donors (Lipinski definition) is 1. The van der Waals surface area contributed by atoms with E-state index in [0.29, 0.717) is 12.1 Å². The fourth-order valence-electron chi connectivity index (χ4n) is 2.81. The first-order chi connectivity index (χ1) is 7.66. The molecule has 3 rings (SSSR count). The molecule has 0 radical (unpaired) electrons. The number of aryl methyl sites for hydroxylation is 1. The zero-order chi connectivity index (χ0) is 11.3. The molecule has 1 fully saturated rings. The summed E-state index contributed by atoms with van der Waals surface area (Å²) in [6.07, 6.45) is 5.34. The Morgan fingerprint density at radius 2 is 2.06 bits per heavy atom. The third-order valence-electron chi connectivity index (χ3n) is 3.92. The van der Waals surface area contributed by atoms with E-state index >= 15 is 0 Å². The lowest BCUT2D eigenvalue weighted by Crippen LogP contribution is -2.29. The predicted molar refractivity (Wildman–Crippen MR) is 65.8 cm³/mol. The Morgan fingerprint density at radius 3 is 2.69 bits per heavy atom. The molecule has 1 N–H and O–H groups in total. The van der Waals surface area contributed by atoms with E-state index in [1.54, 1.807) is 0 Å². The Labute approximate surface area is 97.2 Å². The van der Waals surface area contributed by atoms with E-state index in [0.717, 1.165) is 5.92 Å². The van der Waals surface area contributed by atoms with Crippen LogP contribution in [0.1, 0.15) is 50.4 Å². The Morgan fingerprint density at radius 1 is 1.31 bits per heavy atom. The van der Waals surface area contributed by atoms with Gasteiger partial charge < -0.3 is 5.32 Å². The highest BCUT2D eigenvalue weighted by Gasteiger charge is 2.35. The molecule has 1 aromatic heterocycles. The van der Waals surface area contributed by atoms with Crippen LogP contribution in [0.15, 0.2) is 0 Å². The predicted octanol–water partition coefficient (Wildman–Crippen LogP) is 2.91. The van der Waals surface area contributed by atoms with Gasteiger partial charge in [-0.2, -0.15) is 5.10 Å². The normalized spacial score (nSPS) is 24.4. The molecular weight excluding hydrogens is 198 g/mol. The van der Waals surface area contributed by atoms with Crippen molar-refractivity contribution in [1.82, 2.24) is 9.78 Å². The molecule has 0 amide bonds. The summed E-state index contributed by atoms with van der Waals surface area (Å²) in [5.41, 5.74) is 2.66. The third-order valence-corrected chi connectivity index (χ3v) is 3.92. The van der Waals surface area contributed by atoms with Crippen LogP contribution >= 0.6 is 0 Å². The maximum atomic E-state index is 4.66. The smallest absolute Gasteiger partial charge is 0.128 e. The van der Waals surface area contributed by atoms with Crippen LogP contribution in [-0.2, 0) is 6.42 Å². The summed E-state index contributed by atoms with van der Waals surface area (Å²) >= 11 is 0. The van der Waals surface area contributed by atoms with Gasteiger partial charge in [0.1, 0.15) is 5.82 Å². The van der Waals surface area contributed by atoms with E-state index < -0.39 is 0 Å². The Kier molecular flexibility index (Phi) is 2.23. The van der Waals surface area contributed by atoms with Gasteiger partial charge in [0.25, 0.3) is 0 Å². The molecule has 2 heterocycles. The van der Waals surface area contributed by atoms with Gasteiger partial charge in [-0.05, 0) is 52.4 Å². The minimum atomic E-state index is 0.452. The van der Waals surface area contributed by atoms with Crippen LogP contribution in [0.2, 0.25) is 0 Å². The van der Waals surface area contributed by atoms with E-state index in [2.05, 4.69) is 35.9 Å². The zero-order valence-electron chi connectivity index (χ0n) is 10.5. The summed E-state index contributed by atoms with van der Waals surface area (Å²) < 4.78 is 2.17. The summed E-state index contributed by atoms with van der Waals surface area (Å²) in [4.78, 5) is 0. The number of fused-ring (bicyclic) bond motifs is 1. The molecule has 1 atom stereocenters. The van der Waals surface area contributed by atoms with Gasteiger partial charge in [0.15, 0.2) is 0 Å². The first-order valence-corrected chi connectivity index (χ1v) is 6.51. The van der Waals surface area contributed by atoms with E-state index in [1.807, 2.05) is 0 Å². The van der Waals surface area contributed by atoms with Crippen molar-refractivity contribution in [2.24, 2.45) is 5.92 Å². The average molecular weight is 219 g/mol. The van der Waals surface area contributed by atoms with Crippen LogP contribution in [0.5, 0.6) is 0 Å². The van der Waals surface area contributed by atoms with Gasteiger partial charge in [-0.15, -0.1) is 0 Å². The minimum absolute atomic E-state index is 0.452. The van der Waals surface area contributed by atoms with Crippen molar-refractivity contribution in [3.63, 3.8) is 0 Å². The van der Waals surface area contributed by atoms with E-state index in [9.17, 15) is 0 Å². The number of nitrogens with one attached hydrogen (secondary N) is 1. The molecule has 1 saturated carbocycles. The van der Waals surface area contributed by atoms with Crippen molar-refractivity contribution in [2.75, 3.05) is 5.32 Å². The van der Waals surface area contributed by atoms with Crippen molar-refractivity contribution in [1.29, 1.82) is 0 Å². The standard InChI is InChI=1S/C13H21N3/c1-8(2)16-13-11(9(3)15-16)6-7-12(14-13)10-4-5-10/h8,10,12,14H,4-7H2,1-3H3/t12-/m1/s1. The lowest BCUT2D eigenvalue weighted by atomic mass is 9.97. The number of nitrogens with zero attached hydrogens (tertiary/aromatic N) is 2. The monoisotopic (exact) mass is 219 g/mol. The van der Waals surface area contributed by atoms with Gasteiger partial charge >= 0.3 is 0 Å². The van der Waals surface area contributed by atoms with Gasteiger partial charge in [-0.3, -0.25) is 0 Å². The van der Waals surface area contributed by atoms with E-state index in [1.165, 1.54) is 42.8 Å². The Bertz CT molecular complexity index is 402. The zero-order valence-corrected chi connectivity index (χ0v) is 10.5. The molecule has 0 unspecified atom stereocenters. The fraction of sp³-hybridized carbons (Fsp3) is 0.769. The van der Waals surface area contributed by atoms with Crippen LogP contribution < -0.4 is 5.32 Å². The average Bonchev–Trinajstić information content (AvgIpc) is 3.04. The first-order valence-electron chi connectivity index (χ1n) is 6.51. The van der Waals surface area contributed by atoms with Crippen LogP contribution in [0, 0.1) is 12.8 Å². The molecular formula is C13H21N3. The van der Waals surface area contributed by atoms with Crippen LogP contribution in [0.4, 0.5) is 5.82 Å². The molecule has 1 aromatic rings. The van der Waals surface area contributed by atoms with Crippen LogP contribution in [0.3, 0.4) is 0 Å². The minimum Gasteiger partial charge on any atom is -0.367 e. The molecule has 0 saturated heterocycles. The van der Waals surface area contributed by atoms with Gasteiger partial charge in [-0.25, -0.2) is 4.68 Å².